The van der Waals surface area contributed by atoms with Crippen molar-refractivity contribution in [1.29, 1.82) is 0 Å². The highest BCUT2D eigenvalue weighted by molar-refractivity contribution is 5.77. The number of amides is 1. The van der Waals surface area contributed by atoms with Gasteiger partial charge in [0.05, 0.1) is 20.8 Å². The molecule has 0 aliphatic carbocycles. The van der Waals surface area contributed by atoms with Gasteiger partial charge < -0.3 is 18.8 Å². The molecule has 2 fully saturated rings. The minimum atomic E-state index is 0.298. The van der Waals surface area contributed by atoms with Crippen molar-refractivity contribution in [2.75, 3.05) is 33.9 Å². The third kappa shape index (κ3) is 4.48. The fourth-order valence-electron chi connectivity index (χ4n) is 4.94. The Labute approximate surface area is 178 Å². The topological polar surface area (TPSA) is 55.2 Å². The highest BCUT2D eigenvalue weighted by atomic mass is 16.5. The third-order valence-electron chi connectivity index (χ3n) is 6.49. The summed E-state index contributed by atoms with van der Waals surface area (Å²) in [5.41, 5.74) is 1.16. The average molecular weight is 413 g/mol. The fraction of sp³-hybridized carbons (Fsp3) is 0.542. The van der Waals surface area contributed by atoms with Crippen molar-refractivity contribution in [3.63, 3.8) is 0 Å². The van der Waals surface area contributed by atoms with Crippen molar-refractivity contribution in [1.82, 2.24) is 9.80 Å². The maximum atomic E-state index is 12.7. The first-order chi connectivity index (χ1) is 14.6. The summed E-state index contributed by atoms with van der Waals surface area (Å²) in [4.78, 5) is 17.3. The lowest BCUT2D eigenvalue weighted by Gasteiger charge is -2.47. The predicted molar refractivity (Wildman–Crippen MR) is 115 cm³/mol. The number of carbonyl (C=O) groups excluding carboxylic acids is 1. The van der Waals surface area contributed by atoms with Crippen LogP contribution in [0.3, 0.4) is 0 Å². The number of piperidine rings is 2. The van der Waals surface area contributed by atoms with Gasteiger partial charge in [-0.3, -0.25) is 9.69 Å². The monoisotopic (exact) mass is 412 g/mol. The molecule has 2 saturated heterocycles. The number of benzene rings is 1. The van der Waals surface area contributed by atoms with Gasteiger partial charge in [-0.2, -0.15) is 0 Å². The number of rotatable bonds is 7. The first-order valence-electron chi connectivity index (χ1n) is 10.9. The fourth-order valence-corrected chi connectivity index (χ4v) is 4.94. The highest BCUT2D eigenvalue weighted by Crippen LogP contribution is 2.33. The van der Waals surface area contributed by atoms with E-state index in [0.717, 1.165) is 74.0 Å². The lowest BCUT2D eigenvalue weighted by molar-refractivity contribution is -0.141. The van der Waals surface area contributed by atoms with E-state index in [2.05, 4.69) is 21.9 Å². The van der Waals surface area contributed by atoms with Crippen LogP contribution in [-0.2, 0) is 17.8 Å². The minimum Gasteiger partial charge on any atom is -0.493 e. The summed E-state index contributed by atoms with van der Waals surface area (Å²) in [5.74, 6) is 4.30. The molecule has 4 rings (SSSR count). The van der Waals surface area contributed by atoms with Crippen LogP contribution in [-0.4, -0.2) is 55.6 Å². The Bertz CT molecular complexity index is 878. The molecule has 6 nitrogen and oxygen atoms in total. The summed E-state index contributed by atoms with van der Waals surface area (Å²) < 4.78 is 16.5. The predicted octanol–water partition coefficient (Wildman–Crippen LogP) is 3.66. The molecule has 0 saturated carbocycles. The molecule has 2 aliphatic rings. The Hall–Kier alpha value is -2.47. The number of ether oxygens (including phenoxy) is 2. The third-order valence-corrected chi connectivity index (χ3v) is 6.49. The molecule has 6 heteroatoms. The number of fused-ring (bicyclic) bond motifs is 1. The highest BCUT2D eigenvalue weighted by Gasteiger charge is 2.39. The summed E-state index contributed by atoms with van der Waals surface area (Å²) in [6.45, 7) is 5.63. The van der Waals surface area contributed by atoms with Gasteiger partial charge in [0.25, 0.3) is 0 Å². The second-order valence-electron chi connectivity index (χ2n) is 8.43. The lowest BCUT2D eigenvalue weighted by Crippen LogP contribution is -2.56. The summed E-state index contributed by atoms with van der Waals surface area (Å²) in [5, 5.41) is 0. The quantitative estimate of drug-likeness (QED) is 0.695. The number of furan rings is 1. The number of likely N-dealkylation sites (tertiary alicyclic amines) is 2. The van der Waals surface area contributed by atoms with E-state index < -0.39 is 0 Å². The number of hydrogen-bond acceptors (Lipinski definition) is 5. The van der Waals surface area contributed by atoms with E-state index in [4.69, 9.17) is 13.9 Å². The summed E-state index contributed by atoms with van der Waals surface area (Å²) in [6.07, 6.45) is 3.50. The minimum absolute atomic E-state index is 0.298. The summed E-state index contributed by atoms with van der Waals surface area (Å²) in [7, 11) is 3.29. The molecule has 3 heterocycles. The number of nitrogens with zero attached hydrogens (tertiary/aromatic N) is 2. The van der Waals surface area contributed by atoms with Crippen LogP contribution in [0.5, 0.6) is 11.5 Å². The molecule has 30 heavy (non-hydrogen) atoms. The molecule has 2 aromatic rings. The van der Waals surface area contributed by atoms with Crippen LogP contribution in [0.25, 0.3) is 0 Å². The Kier molecular flexibility index (Phi) is 6.32. The zero-order valence-electron chi connectivity index (χ0n) is 18.2. The normalized spacial score (nSPS) is 22.1. The van der Waals surface area contributed by atoms with Crippen LogP contribution in [0.4, 0.5) is 0 Å². The van der Waals surface area contributed by atoms with E-state index in [-0.39, 0.29) is 0 Å². The molecule has 0 unspecified atom stereocenters. The first-order valence-corrected chi connectivity index (χ1v) is 10.9. The standard InChI is InChI=1S/C24H32N2O4/c1-17-4-7-20(30-17)16-25-12-11-21-19(15-25)6-9-24(27)26(21)13-10-18-5-8-22(28-2)23(14-18)29-3/h4-5,7-8,14,19,21H,6,9-13,15-16H2,1-3H3/t19-,21+/m1/s1. The van der Waals surface area contributed by atoms with E-state index in [9.17, 15) is 4.79 Å². The largest absolute Gasteiger partial charge is 0.493 e. The van der Waals surface area contributed by atoms with Gasteiger partial charge in [-0.1, -0.05) is 6.07 Å². The average Bonchev–Trinajstić information content (AvgIpc) is 3.17. The molecule has 1 aromatic heterocycles. The summed E-state index contributed by atoms with van der Waals surface area (Å²) >= 11 is 0. The van der Waals surface area contributed by atoms with E-state index in [1.54, 1.807) is 14.2 Å². The second kappa shape index (κ2) is 9.13. The molecule has 0 radical (unpaired) electrons. The van der Waals surface area contributed by atoms with Crippen LogP contribution >= 0.6 is 0 Å². The van der Waals surface area contributed by atoms with Crippen LogP contribution in [0.1, 0.15) is 36.3 Å². The number of methoxy groups -OCH3 is 2. The van der Waals surface area contributed by atoms with Gasteiger partial charge in [0.2, 0.25) is 5.91 Å². The van der Waals surface area contributed by atoms with Gasteiger partial charge in [-0.15, -0.1) is 0 Å². The molecule has 0 N–H and O–H groups in total. The zero-order chi connectivity index (χ0) is 21.1. The first kappa shape index (κ1) is 20.8. The zero-order valence-corrected chi connectivity index (χ0v) is 18.2. The second-order valence-corrected chi connectivity index (χ2v) is 8.43. The van der Waals surface area contributed by atoms with Gasteiger partial charge in [0.1, 0.15) is 11.5 Å². The maximum absolute atomic E-state index is 12.7. The van der Waals surface area contributed by atoms with Crippen LogP contribution in [0, 0.1) is 12.8 Å². The molecule has 1 aromatic carbocycles. The van der Waals surface area contributed by atoms with E-state index in [1.165, 1.54) is 0 Å². The number of hydrogen-bond donors (Lipinski definition) is 0. The molecule has 1 amide bonds. The molecule has 0 spiro atoms. The number of carbonyl (C=O) groups is 1. The van der Waals surface area contributed by atoms with Gasteiger partial charge in [0, 0.05) is 32.1 Å². The van der Waals surface area contributed by atoms with Crippen molar-refractivity contribution >= 4 is 5.91 Å². The molecular formula is C24H32N2O4. The smallest absolute Gasteiger partial charge is 0.222 e. The van der Waals surface area contributed by atoms with Crippen molar-refractivity contribution < 1.29 is 18.7 Å². The van der Waals surface area contributed by atoms with Gasteiger partial charge in [-0.05, 0) is 61.9 Å². The Morgan fingerprint density at radius 1 is 1.10 bits per heavy atom. The maximum Gasteiger partial charge on any atom is 0.222 e. The van der Waals surface area contributed by atoms with Crippen molar-refractivity contribution in [3.8, 4) is 11.5 Å². The van der Waals surface area contributed by atoms with E-state index >= 15 is 0 Å². The Morgan fingerprint density at radius 2 is 1.93 bits per heavy atom. The number of aryl methyl sites for hydroxylation is 1. The molecule has 2 aliphatic heterocycles. The molecule has 0 bridgehead atoms. The van der Waals surface area contributed by atoms with E-state index in [1.807, 2.05) is 25.1 Å². The summed E-state index contributed by atoms with van der Waals surface area (Å²) in [6, 6.07) is 10.4. The van der Waals surface area contributed by atoms with Crippen molar-refractivity contribution in [3.05, 3.63) is 47.4 Å². The molecular weight excluding hydrogens is 380 g/mol. The van der Waals surface area contributed by atoms with Crippen molar-refractivity contribution in [2.45, 2.75) is 45.2 Å². The Balaban J connectivity index is 1.37. The van der Waals surface area contributed by atoms with Gasteiger partial charge in [0.15, 0.2) is 11.5 Å². The van der Waals surface area contributed by atoms with Gasteiger partial charge in [-0.25, -0.2) is 0 Å². The lowest BCUT2D eigenvalue weighted by atomic mass is 9.83. The van der Waals surface area contributed by atoms with Gasteiger partial charge >= 0.3 is 0 Å². The van der Waals surface area contributed by atoms with Crippen LogP contribution < -0.4 is 9.47 Å². The Morgan fingerprint density at radius 3 is 2.67 bits per heavy atom. The van der Waals surface area contributed by atoms with E-state index in [0.29, 0.717) is 24.3 Å². The molecule has 2 atom stereocenters. The van der Waals surface area contributed by atoms with Crippen LogP contribution in [0.15, 0.2) is 34.7 Å². The van der Waals surface area contributed by atoms with Crippen LogP contribution in [0.2, 0.25) is 0 Å². The SMILES string of the molecule is COc1ccc(CCN2C(=O)CC[C@@H]3CN(Cc4ccc(C)o4)CC[C@@H]32)cc1OC. The van der Waals surface area contributed by atoms with Crippen molar-refractivity contribution in [2.24, 2.45) is 5.92 Å². The molecule has 162 valence electrons.